The van der Waals surface area contributed by atoms with Crippen LogP contribution in [0.15, 0.2) is 22.7 Å². The summed E-state index contributed by atoms with van der Waals surface area (Å²) in [6.07, 6.45) is 3.77. The fourth-order valence-corrected chi connectivity index (χ4v) is 2.31. The van der Waals surface area contributed by atoms with Gasteiger partial charge in [-0.1, -0.05) is 28.9 Å². The van der Waals surface area contributed by atoms with E-state index in [0.717, 1.165) is 30.2 Å². The van der Waals surface area contributed by atoms with Crippen LogP contribution in [-0.4, -0.2) is 10.7 Å². The van der Waals surface area contributed by atoms with Crippen molar-refractivity contribution in [1.29, 1.82) is 0 Å². The lowest BCUT2D eigenvalue weighted by atomic mass is 10.0. The highest BCUT2D eigenvalue weighted by molar-refractivity contribution is 9.10. The van der Waals surface area contributed by atoms with Crippen molar-refractivity contribution in [1.82, 2.24) is 0 Å². The average molecular weight is 255 g/mol. The maximum atomic E-state index is 9.82. The van der Waals surface area contributed by atoms with E-state index >= 15 is 0 Å². The molecule has 0 amide bonds. The molecule has 1 nitrogen and oxygen atoms in total. The quantitative estimate of drug-likeness (QED) is 0.880. The molecule has 0 bridgehead atoms. The minimum absolute atomic E-state index is 0.383. The van der Waals surface area contributed by atoms with Crippen LogP contribution in [0.3, 0.4) is 0 Å². The molecular formula is C12H15BrO. The van der Waals surface area contributed by atoms with Crippen LogP contribution in [0, 0.1) is 0 Å². The summed E-state index contributed by atoms with van der Waals surface area (Å²) in [5.74, 6) is 0. The van der Waals surface area contributed by atoms with E-state index < -0.39 is 0 Å². The van der Waals surface area contributed by atoms with Gasteiger partial charge >= 0.3 is 0 Å². The normalized spacial score (nSPS) is 18.2. The molecule has 76 valence electrons. The molecule has 0 radical (unpaired) electrons. The zero-order valence-electron chi connectivity index (χ0n) is 8.39. The van der Waals surface area contributed by atoms with Crippen LogP contribution in [0.2, 0.25) is 0 Å². The molecule has 2 heteroatoms. The zero-order chi connectivity index (χ0) is 10.2. The summed E-state index contributed by atoms with van der Waals surface area (Å²) in [5, 5.41) is 9.82. The first-order valence-electron chi connectivity index (χ1n) is 5.12. The Labute approximate surface area is 93.3 Å². The molecule has 14 heavy (non-hydrogen) atoms. The number of aliphatic hydroxyl groups is 1. The van der Waals surface area contributed by atoms with Gasteiger partial charge in [0, 0.05) is 10.9 Å². The maximum absolute atomic E-state index is 9.82. The van der Waals surface area contributed by atoms with Crippen LogP contribution in [0.5, 0.6) is 0 Å². The van der Waals surface area contributed by atoms with E-state index in [1.54, 1.807) is 0 Å². The maximum Gasteiger partial charge on any atom is 0.0690 e. The summed E-state index contributed by atoms with van der Waals surface area (Å²) in [7, 11) is 0. The van der Waals surface area contributed by atoms with Crippen LogP contribution in [0.1, 0.15) is 30.9 Å². The SMILES string of the molecule is CCc1cc(Br)cc(CC2(O)CC2)c1. The third-order valence-corrected chi connectivity index (χ3v) is 3.24. The largest absolute Gasteiger partial charge is 0.390 e. The Balaban J connectivity index is 2.20. The molecule has 1 aromatic carbocycles. The molecule has 2 rings (SSSR count). The number of aryl methyl sites for hydroxylation is 1. The number of halogens is 1. The minimum atomic E-state index is -0.383. The van der Waals surface area contributed by atoms with Crippen molar-refractivity contribution < 1.29 is 5.11 Å². The van der Waals surface area contributed by atoms with Gasteiger partial charge in [-0.2, -0.15) is 0 Å². The highest BCUT2D eigenvalue weighted by atomic mass is 79.9. The summed E-state index contributed by atoms with van der Waals surface area (Å²) >= 11 is 3.50. The molecule has 1 aromatic rings. The van der Waals surface area contributed by atoms with Crippen molar-refractivity contribution in [2.75, 3.05) is 0 Å². The molecule has 0 atom stereocenters. The predicted molar refractivity (Wildman–Crippen MR) is 61.4 cm³/mol. The highest BCUT2D eigenvalue weighted by Crippen LogP contribution is 2.38. The third kappa shape index (κ3) is 2.37. The lowest BCUT2D eigenvalue weighted by Gasteiger charge is -2.09. The molecular weight excluding hydrogens is 240 g/mol. The first kappa shape index (κ1) is 10.2. The van der Waals surface area contributed by atoms with Crippen molar-refractivity contribution in [3.8, 4) is 0 Å². The average Bonchev–Trinajstić information content (AvgIpc) is 2.82. The van der Waals surface area contributed by atoms with Gasteiger partial charge in [-0.05, 0) is 42.5 Å². The summed E-state index contributed by atoms with van der Waals surface area (Å²) in [5.41, 5.74) is 2.20. The van der Waals surface area contributed by atoms with Crippen molar-refractivity contribution in [3.05, 3.63) is 33.8 Å². The molecule has 1 aliphatic carbocycles. The summed E-state index contributed by atoms with van der Waals surface area (Å²) in [6, 6.07) is 6.44. The highest BCUT2D eigenvalue weighted by Gasteiger charge is 2.40. The molecule has 0 spiro atoms. The zero-order valence-corrected chi connectivity index (χ0v) is 9.97. The van der Waals surface area contributed by atoms with E-state index in [1.807, 2.05) is 0 Å². The lowest BCUT2D eigenvalue weighted by Crippen LogP contribution is -2.10. The van der Waals surface area contributed by atoms with E-state index in [0.29, 0.717) is 0 Å². The van der Waals surface area contributed by atoms with E-state index in [9.17, 15) is 5.11 Å². The Morgan fingerprint density at radius 3 is 2.50 bits per heavy atom. The smallest absolute Gasteiger partial charge is 0.0690 e. The monoisotopic (exact) mass is 254 g/mol. The van der Waals surface area contributed by atoms with Crippen molar-refractivity contribution in [2.45, 2.75) is 38.2 Å². The van der Waals surface area contributed by atoms with E-state index in [2.05, 4.69) is 41.1 Å². The third-order valence-electron chi connectivity index (χ3n) is 2.79. The van der Waals surface area contributed by atoms with Gasteiger partial charge in [0.1, 0.15) is 0 Å². The Hall–Kier alpha value is -0.340. The molecule has 1 fully saturated rings. The summed E-state index contributed by atoms with van der Waals surface area (Å²) in [4.78, 5) is 0. The number of benzene rings is 1. The molecule has 1 aliphatic rings. The number of hydrogen-bond acceptors (Lipinski definition) is 1. The topological polar surface area (TPSA) is 20.2 Å². The summed E-state index contributed by atoms with van der Waals surface area (Å²) < 4.78 is 1.12. The fraction of sp³-hybridized carbons (Fsp3) is 0.500. The molecule has 0 saturated heterocycles. The second-order valence-electron chi connectivity index (χ2n) is 4.22. The van der Waals surface area contributed by atoms with Gasteiger partial charge in [-0.25, -0.2) is 0 Å². The number of hydrogen-bond donors (Lipinski definition) is 1. The first-order chi connectivity index (χ1) is 6.61. The number of rotatable bonds is 3. The van der Waals surface area contributed by atoms with Gasteiger partial charge in [0.25, 0.3) is 0 Å². The van der Waals surface area contributed by atoms with E-state index in [-0.39, 0.29) is 5.60 Å². The van der Waals surface area contributed by atoms with Crippen LogP contribution in [0.4, 0.5) is 0 Å². The molecule has 0 heterocycles. The minimum Gasteiger partial charge on any atom is -0.390 e. The van der Waals surface area contributed by atoms with Crippen molar-refractivity contribution in [2.24, 2.45) is 0 Å². The van der Waals surface area contributed by atoms with E-state index in [4.69, 9.17) is 0 Å². The second-order valence-corrected chi connectivity index (χ2v) is 5.14. The van der Waals surface area contributed by atoms with E-state index in [1.165, 1.54) is 11.1 Å². The Morgan fingerprint density at radius 2 is 1.93 bits per heavy atom. The van der Waals surface area contributed by atoms with Gasteiger partial charge < -0.3 is 5.11 Å². The van der Waals surface area contributed by atoms with Crippen molar-refractivity contribution in [3.63, 3.8) is 0 Å². The van der Waals surface area contributed by atoms with Crippen molar-refractivity contribution >= 4 is 15.9 Å². The van der Waals surface area contributed by atoms with Crippen LogP contribution in [0.25, 0.3) is 0 Å². The molecule has 0 unspecified atom stereocenters. The van der Waals surface area contributed by atoms with Gasteiger partial charge in [0.2, 0.25) is 0 Å². The Morgan fingerprint density at radius 1 is 1.29 bits per heavy atom. The van der Waals surface area contributed by atoms with Crippen LogP contribution >= 0.6 is 15.9 Å². The molecule has 0 aliphatic heterocycles. The molecule has 0 aromatic heterocycles. The summed E-state index contributed by atoms with van der Waals surface area (Å²) in [6.45, 7) is 2.15. The van der Waals surface area contributed by atoms with Crippen LogP contribution in [-0.2, 0) is 12.8 Å². The van der Waals surface area contributed by atoms with Gasteiger partial charge in [0.05, 0.1) is 5.60 Å². The van der Waals surface area contributed by atoms with Gasteiger partial charge in [0.15, 0.2) is 0 Å². The Bertz CT molecular complexity index is 342. The lowest BCUT2D eigenvalue weighted by molar-refractivity contribution is 0.151. The fourth-order valence-electron chi connectivity index (χ4n) is 1.72. The first-order valence-corrected chi connectivity index (χ1v) is 5.91. The second kappa shape index (κ2) is 3.67. The van der Waals surface area contributed by atoms with Gasteiger partial charge in [-0.3, -0.25) is 0 Å². The molecule has 1 N–H and O–H groups in total. The van der Waals surface area contributed by atoms with Crippen LogP contribution < -0.4 is 0 Å². The standard InChI is InChI=1S/C12H15BrO/c1-2-9-5-10(7-11(13)6-9)8-12(14)3-4-12/h5-7,14H,2-4,8H2,1H3. The van der Waals surface area contributed by atoms with Gasteiger partial charge in [-0.15, -0.1) is 0 Å². The Kier molecular flexibility index (Phi) is 2.67. The molecule has 1 saturated carbocycles. The predicted octanol–water partition coefficient (Wildman–Crippen LogP) is 3.08.